The van der Waals surface area contributed by atoms with Gasteiger partial charge in [0.15, 0.2) is 0 Å². The van der Waals surface area contributed by atoms with E-state index in [1.165, 1.54) is 0 Å². The van der Waals surface area contributed by atoms with Crippen LogP contribution in [0, 0.1) is 5.92 Å². The van der Waals surface area contributed by atoms with E-state index in [0.29, 0.717) is 25.2 Å². The van der Waals surface area contributed by atoms with Crippen molar-refractivity contribution in [2.75, 3.05) is 11.9 Å². The summed E-state index contributed by atoms with van der Waals surface area (Å²) in [7, 11) is 0. The molecule has 0 radical (unpaired) electrons. The molecule has 2 aromatic rings. The van der Waals surface area contributed by atoms with Crippen LogP contribution >= 0.6 is 0 Å². The second kappa shape index (κ2) is 11.7. The van der Waals surface area contributed by atoms with Crippen molar-refractivity contribution in [1.82, 2.24) is 10.2 Å². The summed E-state index contributed by atoms with van der Waals surface area (Å²) in [6.45, 7) is 6.63. The number of benzene rings is 2. The number of carbonyl (C=O) groups is 3. The van der Waals surface area contributed by atoms with E-state index in [4.69, 9.17) is 5.11 Å². The van der Waals surface area contributed by atoms with E-state index in [0.717, 1.165) is 11.1 Å². The summed E-state index contributed by atoms with van der Waals surface area (Å²) in [5, 5.41) is 14.3. The maximum Gasteiger partial charge on any atom is 0.409 e. The van der Waals surface area contributed by atoms with Gasteiger partial charge in [-0.25, -0.2) is 4.79 Å². The zero-order valence-electron chi connectivity index (χ0n) is 18.3. The molecule has 0 aliphatic heterocycles. The molecule has 3 N–H and O–H groups in total. The van der Waals surface area contributed by atoms with Gasteiger partial charge >= 0.3 is 6.09 Å². The molecule has 0 saturated carbocycles. The van der Waals surface area contributed by atoms with Crippen LogP contribution < -0.4 is 10.6 Å². The Bertz CT molecular complexity index is 883. The van der Waals surface area contributed by atoms with Crippen molar-refractivity contribution in [3.8, 4) is 0 Å². The largest absolute Gasteiger partial charge is 0.465 e. The lowest BCUT2D eigenvalue weighted by Gasteiger charge is -2.32. The number of nitrogens with one attached hydrogen (secondary N) is 2. The third kappa shape index (κ3) is 7.77. The predicted octanol–water partition coefficient (Wildman–Crippen LogP) is 3.90. The summed E-state index contributed by atoms with van der Waals surface area (Å²) in [5.74, 6) is -0.129. The third-order valence-corrected chi connectivity index (χ3v) is 4.78. The normalized spacial score (nSPS) is 11.6. The highest BCUT2D eigenvalue weighted by Crippen LogP contribution is 2.17. The van der Waals surface area contributed by atoms with Crippen LogP contribution in [-0.4, -0.2) is 40.5 Å². The van der Waals surface area contributed by atoms with Gasteiger partial charge in [-0.05, 0) is 29.2 Å². The number of carboxylic acid groups (broad SMARTS) is 1. The summed E-state index contributed by atoms with van der Waals surface area (Å²) in [4.78, 5) is 38.5. The minimum absolute atomic E-state index is 0.0895. The zero-order chi connectivity index (χ0) is 22.8. The molecule has 7 heteroatoms. The Labute approximate surface area is 183 Å². The van der Waals surface area contributed by atoms with E-state index in [2.05, 4.69) is 10.6 Å². The standard InChI is InChI=1S/C24H31N3O4/c1-4-22(28)27(16-17(2)3)21(23(29)25-15-18-9-6-5-7-10-18)14-19-11-8-12-20(13-19)26-24(30)31/h5-13,17,21,26H,4,14-16H2,1-3H3,(H,25,29)(H,30,31)/t21-/m0/s1. The second-order valence-electron chi connectivity index (χ2n) is 7.85. The van der Waals surface area contributed by atoms with Gasteiger partial charge < -0.3 is 15.3 Å². The second-order valence-corrected chi connectivity index (χ2v) is 7.85. The summed E-state index contributed by atoms with van der Waals surface area (Å²) in [6.07, 6.45) is -0.568. The molecule has 0 heterocycles. The zero-order valence-corrected chi connectivity index (χ0v) is 18.3. The van der Waals surface area contributed by atoms with Crippen molar-refractivity contribution < 1.29 is 19.5 Å². The number of amides is 3. The average molecular weight is 426 g/mol. The van der Waals surface area contributed by atoms with Crippen LogP contribution in [0.4, 0.5) is 10.5 Å². The highest BCUT2D eigenvalue weighted by atomic mass is 16.4. The van der Waals surface area contributed by atoms with E-state index >= 15 is 0 Å². The van der Waals surface area contributed by atoms with Gasteiger partial charge in [0.05, 0.1) is 0 Å². The monoisotopic (exact) mass is 425 g/mol. The Morgan fingerprint density at radius 2 is 1.68 bits per heavy atom. The summed E-state index contributed by atoms with van der Waals surface area (Å²) >= 11 is 0. The maximum absolute atomic E-state index is 13.2. The van der Waals surface area contributed by atoms with E-state index < -0.39 is 12.1 Å². The van der Waals surface area contributed by atoms with Gasteiger partial charge in [0.1, 0.15) is 6.04 Å². The molecule has 0 spiro atoms. The van der Waals surface area contributed by atoms with Gasteiger partial charge in [0, 0.05) is 31.6 Å². The van der Waals surface area contributed by atoms with Gasteiger partial charge in [0.2, 0.25) is 11.8 Å². The molecule has 2 aromatic carbocycles. The molecule has 0 aliphatic rings. The van der Waals surface area contributed by atoms with Crippen LogP contribution in [0.5, 0.6) is 0 Å². The average Bonchev–Trinajstić information content (AvgIpc) is 2.74. The molecule has 0 bridgehead atoms. The van der Waals surface area contributed by atoms with Gasteiger partial charge in [0.25, 0.3) is 0 Å². The lowest BCUT2D eigenvalue weighted by molar-refractivity contribution is -0.141. The Balaban J connectivity index is 2.28. The van der Waals surface area contributed by atoms with Crippen LogP contribution in [0.3, 0.4) is 0 Å². The van der Waals surface area contributed by atoms with Gasteiger partial charge in [-0.15, -0.1) is 0 Å². The van der Waals surface area contributed by atoms with Gasteiger partial charge in [-0.2, -0.15) is 0 Å². The summed E-state index contributed by atoms with van der Waals surface area (Å²) < 4.78 is 0. The van der Waals surface area contributed by atoms with Crippen molar-refractivity contribution in [1.29, 1.82) is 0 Å². The number of anilines is 1. The van der Waals surface area contributed by atoms with Crippen molar-refractivity contribution in [2.24, 2.45) is 5.92 Å². The van der Waals surface area contributed by atoms with E-state index in [1.54, 1.807) is 30.0 Å². The molecular formula is C24H31N3O4. The highest BCUT2D eigenvalue weighted by molar-refractivity contribution is 5.88. The van der Waals surface area contributed by atoms with E-state index in [1.807, 2.05) is 50.2 Å². The molecule has 0 aliphatic carbocycles. The molecule has 0 unspecified atom stereocenters. The minimum Gasteiger partial charge on any atom is -0.465 e. The molecule has 1 atom stereocenters. The lowest BCUT2D eigenvalue weighted by atomic mass is 10.0. The first kappa shape index (κ1) is 23.9. The Morgan fingerprint density at radius 3 is 2.29 bits per heavy atom. The number of hydrogen-bond acceptors (Lipinski definition) is 3. The molecular weight excluding hydrogens is 394 g/mol. The van der Waals surface area contributed by atoms with Crippen LogP contribution in [0.1, 0.15) is 38.3 Å². The maximum atomic E-state index is 13.2. The minimum atomic E-state index is -1.16. The van der Waals surface area contributed by atoms with Crippen LogP contribution in [0.2, 0.25) is 0 Å². The smallest absolute Gasteiger partial charge is 0.409 e. The first-order valence-electron chi connectivity index (χ1n) is 10.5. The number of carbonyl (C=O) groups excluding carboxylic acids is 2. The predicted molar refractivity (Wildman–Crippen MR) is 121 cm³/mol. The Morgan fingerprint density at radius 1 is 1.00 bits per heavy atom. The number of nitrogens with zero attached hydrogens (tertiary/aromatic N) is 1. The molecule has 166 valence electrons. The van der Waals surface area contributed by atoms with Crippen molar-refractivity contribution in [3.05, 3.63) is 65.7 Å². The summed E-state index contributed by atoms with van der Waals surface area (Å²) in [6, 6.07) is 15.8. The topological polar surface area (TPSA) is 98.7 Å². The molecule has 31 heavy (non-hydrogen) atoms. The fraction of sp³-hybridized carbons (Fsp3) is 0.375. The Hall–Kier alpha value is -3.35. The van der Waals surface area contributed by atoms with Crippen LogP contribution in [0.25, 0.3) is 0 Å². The Kier molecular flexibility index (Phi) is 9.06. The third-order valence-electron chi connectivity index (χ3n) is 4.78. The summed E-state index contributed by atoms with van der Waals surface area (Å²) in [5.41, 5.74) is 2.16. The van der Waals surface area contributed by atoms with Crippen molar-refractivity contribution in [2.45, 2.75) is 46.2 Å². The first-order valence-corrected chi connectivity index (χ1v) is 10.5. The van der Waals surface area contributed by atoms with Crippen molar-refractivity contribution in [3.63, 3.8) is 0 Å². The molecule has 0 saturated heterocycles. The van der Waals surface area contributed by atoms with Crippen LogP contribution in [-0.2, 0) is 22.6 Å². The van der Waals surface area contributed by atoms with Crippen LogP contribution in [0.15, 0.2) is 54.6 Å². The molecule has 0 fully saturated rings. The quantitative estimate of drug-likeness (QED) is 0.538. The molecule has 2 rings (SSSR count). The van der Waals surface area contributed by atoms with E-state index in [-0.39, 0.29) is 24.2 Å². The fourth-order valence-corrected chi connectivity index (χ4v) is 3.37. The van der Waals surface area contributed by atoms with E-state index in [9.17, 15) is 14.4 Å². The van der Waals surface area contributed by atoms with Gasteiger partial charge in [-0.1, -0.05) is 63.2 Å². The fourth-order valence-electron chi connectivity index (χ4n) is 3.37. The molecule has 3 amide bonds. The number of hydrogen-bond donors (Lipinski definition) is 3. The van der Waals surface area contributed by atoms with Gasteiger partial charge in [-0.3, -0.25) is 14.9 Å². The molecule has 0 aromatic heterocycles. The SMILES string of the molecule is CCC(=O)N(CC(C)C)[C@@H](Cc1cccc(NC(=O)O)c1)C(=O)NCc1ccccc1. The molecule has 7 nitrogen and oxygen atoms in total. The lowest BCUT2D eigenvalue weighted by Crippen LogP contribution is -2.51. The number of rotatable bonds is 10. The highest BCUT2D eigenvalue weighted by Gasteiger charge is 2.29. The first-order chi connectivity index (χ1) is 14.8. The van der Waals surface area contributed by atoms with Crippen molar-refractivity contribution >= 4 is 23.6 Å².